The van der Waals surface area contributed by atoms with E-state index in [9.17, 15) is 9.18 Å². The maximum absolute atomic E-state index is 13.4. The Morgan fingerprint density at radius 1 is 1.08 bits per heavy atom. The topological polar surface area (TPSA) is 29.5 Å². The van der Waals surface area contributed by atoms with Gasteiger partial charge in [-0.1, -0.05) is 12.1 Å². The van der Waals surface area contributed by atoms with Gasteiger partial charge >= 0.3 is 0 Å². The molecule has 0 aromatic heterocycles. The summed E-state index contributed by atoms with van der Waals surface area (Å²) in [6.07, 6.45) is 1.91. The Kier molecular flexibility index (Phi) is 4.59. The largest absolute Gasteiger partial charge is 0.378 e. The second kappa shape index (κ2) is 7.02. The van der Waals surface area contributed by atoms with Crippen LogP contribution in [0.1, 0.15) is 15.9 Å². The molecule has 2 heterocycles. The summed E-state index contributed by atoms with van der Waals surface area (Å²) >= 11 is 1.58. The third-order valence-corrected chi connectivity index (χ3v) is 5.59. The number of ether oxygens (including phenoxy) is 1. The van der Waals surface area contributed by atoms with Crippen molar-refractivity contribution >= 4 is 29.3 Å². The van der Waals surface area contributed by atoms with Gasteiger partial charge in [0.15, 0.2) is 5.78 Å². The van der Waals surface area contributed by atoms with Gasteiger partial charge in [0, 0.05) is 40.6 Å². The van der Waals surface area contributed by atoms with E-state index in [1.807, 2.05) is 18.2 Å². The molecule has 0 spiro atoms. The average molecular weight is 355 g/mol. The fourth-order valence-corrected chi connectivity index (χ4v) is 4.11. The molecule has 0 radical (unpaired) electrons. The van der Waals surface area contributed by atoms with Crippen LogP contribution in [-0.4, -0.2) is 37.8 Å². The first-order valence-corrected chi connectivity index (χ1v) is 9.30. The van der Waals surface area contributed by atoms with Crippen LogP contribution in [0, 0.1) is 5.82 Å². The van der Waals surface area contributed by atoms with Gasteiger partial charge in [0.1, 0.15) is 5.82 Å². The van der Waals surface area contributed by atoms with Crippen LogP contribution in [0.2, 0.25) is 0 Å². The molecule has 0 amide bonds. The normalized spacial score (nSPS) is 19.2. The highest BCUT2D eigenvalue weighted by molar-refractivity contribution is 7.99. The number of carbonyl (C=O) groups excluding carboxylic acids is 1. The Hall–Kier alpha value is -2.11. The van der Waals surface area contributed by atoms with Crippen molar-refractivity contribution in [3.63, 3.8) is 0 Å². The lowest BCUT2D eigenvalue weighted by molar-refractivity contribution is 0.103. The fourth-order valence-electron chi connectivity index (χ4n) is 3.11. The van der Waals surface area contributed by atoms with E-state index in [0.29, 0.717) is 16.9 Å². The Bertz CT molecular complexity index is 826. The second-order valence-electron chi connectivity index (χ2n) is 6.12. The predicted molar refractivity (Wildman–Crippen MR) is 98.9 cm³/mol. The minimum Gasteiger partial charge on any atom is -0.378 e. The zero-order valence-electron chi connectivity index (χ0n) is 13.7. The molecule has 0 aliphatic carbocycles. The Morgan fingerprint density at radius 2 is 1.84 bits per heavy atom. The molecule has 0 saturated carbocycles. The van der Waals surface area contributed by atoms with Gasteiger partial charge in [0.25, 0.3) is 0 Å². The van der Waals surface area contributed by atoms with Crippen LogP contribution in [-0.2, 0) is 4.74 Å². The summed E-state index contributed by atoms with van der Waals surface area (Å²) < 4.78 is 18.8. The number of rotatable bonds is 2. The average Bonchev–Trinajstić information content (AvgIpc) is 2.66. The lowest BCUT2D eigenvalue weighted by Crippen LogP contribution is -2.36. The number of halogens is 1. The van der Waals surface area contributed by atoms with Gasteiger partial charge < -0.3 is 9.64 Å². The number of Topliss-reactive ketones (excluding diaryl/α,β-unsaturated/α-hetero) is 1. The van der Waals surface area contributed by atoms with Crippen LogP contribution in [0.5, 0.6) is 0 Å². The molecule has 25 heavy (non-hydrogen) atoms. The monoisotopic (exact) mass is 355 g/mol. The molecule has 0 unspecified atom stereocenters. The molecule has 0 bridgehead atoms. The van der Waals surface area contributed by atoms with Crippen LogP contribution < -0.4 is 4.90 Å². The van der Waals surface area contributed by atoms with Gasteiger partial charge in [-0.25, -0.2) is 4.39 Å². The van der Waals surface area contributed by atoms with Crippen molar-refractivity contribution in [2.24, 2.45) is 0 Å². The molecular weight excluding hydrogens is 337 g/mol. The minimum atomic E-state index is -0.371. The molecule has 128 valence electrons. The molecule has 1 fully saturated rings. The Labute approximate surface area is 150 Å². The minimum absolute atomic E-state index is 0.0782. The van der Waals surface area contributed by atoms with Crippen molar-refractivity contribution < 1.29 is 13.9 Å². The van der Waals surface area contributed by atoms with E-state index in [0.717, 1.165) is 36.8 Å². The maximum Gasteiger partial charge on any atom is 0.191 e. The molecule has 0 N–H and O–H groups in total. The van der Waals surface area contributed by atoms with Crippen LogP contribution in [0.25, 0.3) is 6.08 Å². The first kappa shape index (κ1) is 16.4. The van der Waals surface area contributed by atoms with E-state index >= 15 is 0 Å². The number of hydrogen-bond donors (Lipinski definition) is 0. The van der Waals surface area contributed by atoms with Gasteiger partial charge in [0.05, 0.1) is 13.2 Å². The van der Waals surface area contributed by atoms with Crippen molar-refractivity contribution in [1.82, 2.24) is 0 Å². The van der Waals surface area contributed by atoms with Crippen molar-refractivity contribution in [1.29, 1.82) is 0 Å². The van der Waals surface area contributed by atoms with Crippen LogP contribution in [0.15, 0.2) is 52.9 Å². The molecular formula is C20H18FNO2S. The molecule has 1 saturated heterocycles. The van der Waals surface area contributed by atoms with Crippen molar-refractivity contribution in [3.8, 4) is 0 Å². The van der Waals surface area contributed by atoms with E-state index in [2.05, 4.69) is 17.0 Å². The van der Waals surface area contributed by atoms with Gasteiger partial charge in [-0.15, -0.1) is 11.8 Å². The number of fused-ring (bicyclic) bond motifs is 1. The van der Waals surface area contributed by atoms with E-state index in [1.165, 1.54) is 17.8 Å². The van der Waals surface area contributed by atoms with E-state index in [4.69, 9.17) is 4.74 Å². The summed E-state index contributed by atoms with van der Waals surface area (Å²) in [5.74, 6) is 0.164. The molecule has 0 atom stereocenters. The zero-order valence-corrected chi connectivity index (χ0v) is 14.5. The van der Waals surface area contributed by atoms with E-state index < -0.39 is 0 Å². The van der Waals surface area contributed by atoms with Gasteiger partial charge in [0.2, 0.25) is 0 Å². The lowest BCUT2D eigenvalue weighted by Gasteiger charge is -2.28. The van der Waals surface area contributed by atoms with Crippen LogP contribution >= 0.6 is 11.8 Å². The smallest absolute Gasteiger partial charge is 0.191 e. The third kappa shape index (κ3) is 3.48. The van der Waals surface area contributed by atoms with Crippen molar-refractivity contribution in [2.45, 2.75) is 4.90 Å². The SMILES string of the molecule is O=C1/C(=C/c2ccc(N3CCOCC3)cc2)CSc2ccc(F)cc21. The highest BCUT2D eigenvalue weighted by atomic mass is 32.2. The number of carbonyl (C=O) groups is 1. The summed E-state index contributed by atoms with van der Waals surface area (Å²) in [6, 6.07) is 12.6. The number of thioether (sulfide) groups is 1. The predicted octanol–water partition coefficient (Wildman–Crippen LogP) is 4.03. The van der Waals surface area contributed by atoms with Crippen LogP contribution in [0.4, 0.5) is 10.1 Å². The zero-order chi connectivity index (χ0) is 17.2. The number of ketones is 1. The second-order valence-corrected chi connectivity index (χ2v) is 7.14. The third-order valence-electron chi connectivity index (χ3n) is 4.47. The summed E-state index contributed by atoms with van der Waals surface area (Å²) in [7, 11) is 0. The summed E-state index contributed by atoms with van der Waals surface area (Å²) in [5.41, 5.74) is 3.33. The fraction of sp³-hybridized carbons (Fsp3) is 0.250. The molecule has 2 aromatic carbocycles. The highest BCUT2D eigenvalue weighted by Gasteiger charge is 2.23. The quantitative estimate of drug-likeness (QED) is 0.761. The summed E-state index contributed by atoms with van der Waals surface area (Å²) in [5, 5.41) is 0. The first-order chi connectivity index (χ1) is 12.2. The standard InChI is InChI=1S/C20H18FNO2S/c21-16-3-6-19-18(12-16)20(23)15(13-25-19)11-14-1-4-17(5-2-14)22-7-9-24-10-8-22/h1-6,11-12H,7-10,13H2/b15-11+. The Morgan fingerprint density at radius 3 is 2.60 bits per heavy atom. The van der Waals surface area contributed by atoms with E-state index in [-0.39, 0.29) is 11.6 Å². The molecule has 2 aliphatic heterocycles. The van der Waals surface area contributed by atoms with Crippen molar-refractivity contribution in [3.05, 3.63) is 65.0 Å². The summed E-state index contributed by atoms with van der Waals surface area (Å²) in [6.45, 7) is 3.32. The molecule has 2 aromatic rings. The van der Waals surface area contributed by atoms with Gasteiger partial charge in [-0.3, -0.25) is 4.79 Å². The number of hydrogen-bond acceptors (Lipinski definition) is 4. The highest BCUT2D eigenvalue weighted by Crippen LogP contribution is 2.34. The molecule has 5 heteroatoms. The number of nitrogens with zero attached hydrogens (tertiary/aromatic N) is 1. The molecule has 4 rings (SSSR count). The molecule has 3 nitrogen and oxygen atoms in total. The number of morpholine rings is 1. The summed E-state index contributed by atoms with van der Waals surface area (Å²) in [4.78, 5) is 15.8. The van der Waals surface area contributed by atoms with Crippen LogP contribution in [0.3, 0.4) is 0 Å². The first-order valence-electron chi connectivity index (χ1n) is 8.31. The lowest BCUT2D eigenvalue weighted by atomic mass is 10.0. The number of benzene rings is 2. The molecule has 2 aliphatic rings. The van der Waals surface area contributed by atoms with Gasteiger partial charge in [-0.05, 0) is 42.0 Å². The van der Waals surface area contributed by atoms with E-state index in [1.54, 1.807) is 17.8 Å². The number of anilines is 1. The van der Waals surface area contributed by atoms with Crippen molar-refractivity contribution in [2.75, 3.05) is 37.0 Å². The maximum atomic E-state index is 13.4. The van der Waals surface area contributed by atoms with Gasteiger partial charge in [-0.2, -0.15) is 0 Å². The Balaban J connectivity index is 1.55.